The van der Waals surface area contributed by atoms with E-state index in [1.54, 1.807) is 12.3 Å². The van der Waals surface area contributed by atoms with Crippen LogP contribution in [0.5, 0.6) is 0 Å². The van der Waals surface area contributed by atoms with Gasteiger partial charge in [-0.3, -0.25) is 14.7 Å². The van der Waals surface area contributed by atoms with Crippen LogP contribution in [-0.2, 0) is 12.0 Å². The molecule has 6 nitrogen and oxygen atoms in total. The lowest BCUT2D eigenvalue weighted by Gasteiger charge is -2.21. The van der Waals surface area contributed by atoms with Crippen LogP contribution in [0.25, 0.3) is 0 Å². The number of pyridine rings is 1. The third-order valence-corrected chi connectivity index (χ3v) is 4.41. The van der Waals surface area contributed by atoms with Crippen molar-refractivity contribution in [3.63, 3.8) is 0 Å². The zero-order valence-corrected chi connectivity index (χ0v) is 15.2. The van der Waals surface area contributed by atoms with E-state index in [4.69, 9.17) is 4.42 Å². The molecule has 6 heteroatoms. The first-order valence-electron chi connectivity index (χ1n) is 8.81. The molecule has 0 unspecified atom stereocenters. The summed E-state index contributed by atoms with van der Waals surface area (Å²) in [7, 11) is 0. The average molecular weight is 342 g/mol. The Kier molecular flexibility index (Phi) is 5.18. The molecule has 3 rings (SSSR count). The van der Waals surface area contributed by atoms with E-state index in [-0.39, 0.29) is 11.3 Å². The lowest BCUT2D eigenvalue weighted by atomic mass is 9.94. The number of amides is 1. The first-order chi connectivity index (χ1) is 11.9. The summed E-state index contributed by atoms with van der Waals surface area (Å²) in [4.78, 5) is 25.3. The molecule has 0 radical (unpaired) electrons. The van der Waals surface area contributed by atoms with Crippen molar-refractivity contribution in [1.29, 1.82) is 0 Å². The summed E-state index contributed by atoms with van der Waals surface area (Å²) >= 11 is 0. The van der Waals surface area contributed by atoms with Crippen molar-refractivity contribution in [2.45, 2.75) is 39.2 Å². The molecule has 0 aromatic carbocycles. The molecule has 0 aliphatic carbocycles. The summed E-state index contributed by atoms with van der Waals surface area (Å²) in [5.74, 6) is 1.66. The number of rotatable bonds is 3. The van der Waals surface area contributed by atoms with Crippen molar-refractivity contribution in [2.75, 3.05) is 26.2 Å². The Morgan fingerprint density at radius 2 is 2.00 bits per heavy atom. The monoisotopic (exact) mass is 342 g/mol. The van der Waals surface area contributed by atoms with Gasteiger partial charge in [0.2, 0.25) is 5.89 Å². The highest BCUT2D eigenvalue weighted by molar-refractivity contribution is 5.92. The molecule has 1 fully saturated rings. The smallest absolute Gasteiger partial charge is 0.272 e. The zero-order valence-electron chi connectivity index (χ0n) is 15.2. The molecule has 0 spiro atoms. The van der Waals surface area contributed by atoms with Crippen LogP contribution in [0.2, 0.25) is 0 Å². The Morgan fingerprint density at radius 3 is 2.68 bits per heavy atom. The van der Waals surface area contributed by atoms with E-state index in [0.717, 1.165) is 37.7 Å². The van der Waals surface area contributed by atoms with Crippen LogP contribution in [0.3, 0.4) is 0 Å². The van der Waals surface area contributed by atoms with Crippen LogP contribution in [0.4, 0.5) is 0 Å². The lowest BCUT2D eigenvalue weighted by Crippen LogP contribution is -2.35. The Labute approximate surface area is 148 Å². The second kappa shape index (κ2) is 7.35. The topological polar surface area (TPSA) is 62.5 Å². The van der Waals surface area contributed by atoms with Crippen molar-refractivity contribution in [3.05, 3.63) is 47.9 Å². The van der Waals surface area contributed by atoms with Crippen molar-refractivity contribution >= 4 is 5.91 Å². The van der Waals surface area contributed by atoms with Gasteiger partial charge in [-0.15, -0.1) is 0 Å². The van der Waals surface area contributed by atoms with Gasteiger partial charge in [-0.2, -0.15) is 0 Å². The van der Waals surface area contributed by atoms with Gasteiger partial charge >= 0.3 is 0 Å². The molecule has 134 valence electrons. The van der Waals surface area contributed by atoms with E-state index in [1.165, 1.54) is 0 Å². The maximum atomic E-state index is 12.5. The van der Waals surface area contributed by atoms with Crippen molar-refractivity contribution in [3.8, 4) is 0 Å². The van der Waals surface area contributed by atoms with E-state index < -0.39 is 0 Å². The van der Waals surface area contributed by atoms with Crippen LogP contribution in [-0.4, -0.2) is 51.9 Å². The Balaban J connectivity index is 1.58. The highest BCUT2D eigenvalue weighted by Crippen LogP contribution is 2.23. The number of hydrogen-bond acceptors (Lipinski definition) is 5. The molecule has 0 bridgehead atoms. The molecule has 2 aromatic rings. The maximum absolute atomic E-state index is 12.5. The molecule has 25 heavy (non-hydrogen) atoms. The third-order valence-electron chi connectivity index (χ3n) is 4.41. The summed E-state index contributed by atoms with van der Waals surface area (Å²) in [6, 6.07) is 5.44. The van der Waals surface area contributed by atoms with E-state index in [1.807, 2.05) is 23.2 Å². The molecule has 0 atom stereocenters. The van der Waals surface area contributed by atoms with Gasteiger partial charge in [0.05, 0.1) is 12.7 Å². The molecule has 1 aliphatic heterocycles. The normalized spacial score (nSPS) is 16.7. The van der Waals surface area contributed by atoms with Gasteiger partial charge < -0.3 is 9.32 Å². The van der Waals surface area contributed by atoms with Crippen LogP contribution in [0.15, 0.2) is 35.0 Å². The minimum Gasteiger partial charge on any atom is -0.444 e. The predicted molar refractivity (Wildman–Crippen MR) is 95.2 cm³/mol. The summed E-state index contributed by atoms with van der Waals surface area (Å²) in [6.07, 6.45) is 4.42. The van der Waals surface area contributed by atoms with Crippen molar-refractivity contribution in [2.24, 2.45) is 0 Å². The first-order valence-corrected chi connectivity index (χ1v) is 8.81. The molecule has 1 aliphatic rings. The summed E-state index contributed by atoms with van der Waals surface area (Å²) in [6.45, 7) is 10.2. The zero-order chi connectivity index (χ0) is 17.9. The molecular weight excluding hydrogens is 316 g/mol. The van der Waals surface area contributed by atoms with Crippen LogP contribution in [0.1, 0.15) is 49.3 Å². The SMILES string of the molecule is CC(C)(C)c1cnc(CN2CCCN(C(=O)c3ccccn3)CC2)o1. The second-order valence-corrected chi connectivity index (χ2v) is 7.51. The van der Waals surface area contributed by atoms with E-state index in [9.17, 15) is 4.79 Å². The fourth-order valence-electron chi connectivity index (χ4n) is 2.90. The fourth-order valence-corrected chi connectivity index (χ4v) is 2.90. The maximum Gasteiger partial charge on any atom is 0.272 e. The lowest BCUT2D eigenvalue weighted by molar-refractivity contribution is 0.0754. The highest BCUT2D eigenvalue weighted by Gasteiger charge is 2.23. The molecule has 2 aromatic heterocycles. The minimum atomic E-state index is -0.0318. The van der Waals surface area contributed by atoms with Crippen molar-refractivity contribution < 1.29 is 9.21 Å². The number of carbonyl (C=O) groups excluding carboxylic acids is 1. The average Bonchev–Trinajstić information content (AvgIpc) is 2.94. The van der Waals surface area contributed by atoms with Crippen LogP contribution in [0, 0.1) is 0 Å². The Hall–Kier alpha value is -2.21. The Morgan fingerprint density at radius 1 is 1.16 bits per heavy atom. The highest BCUT2D eigenvalue weighted by atomic mass is 16.4. The molecule has 1 saturated heterocycles. The van der Waals surface area contributed by atoms with Gasteiger partial charge in [0, 0.05) is 37.8 Å². The van der Waals surface area contributed by atoms with Gasteiger partial charge in [0.1, 0.15) is 11.5 Å². The summed E-state index contributed by atoms with van der Waals surface area (Å²) in [5.41, 5.74) is 0.481. The molecule has 1 amide bonds. The van der Waals surface area contributed by atoms with Crippen molar-refractivity contribution in [1.82, 2.24) is 19.8 Å². The van der Waals surface area contributed by atoms with E-state index in [0.29, 0.717) is 18.8 Å². The summed E-state index contributed by atoms with van der Waals surface area (Å²) < 4.78 is 5.89. The molecule has 3 heterocycles. The third kappa shape index (κ3) is 4.45. The second-order valence-electron chi connectivity index (χ2n) is 7.51. The van der Waals surface area contributed by atoms with E-state index in [2.05, 4.69) is 35.6 Å². The Bertz CT molecular complexity index is 706. The number of aromatic nitrogens is 2. The van der Waals surface area contributed by atoms with Gasteiger partial charge in [0.15, 0.2) is 0 Å². The van der Waals surface area contributed by atoms with Gasteiger partial charge in [-0.05, 0) is 18.6 Å². The number of nitrogens with zero attached hydrogens (tertiary/aromatic N) is 4. The van der Waals surface area contributed by atoms with Crippen LogP contribution >= 0.6 is 0 Å². The fraction of sp³-hybridized carbons (Fsp3) is 0.526. The standard InChI is InChI=1S/C19H26N4O2/c1-19(2,3)16-13-21-17(25-16)14-22-9-6-10-23(12-11-22)18(24)15-7-4-5-8-20-15/h4-5,7-8,13H,6,9-12,14H2,1-3H3. The van der Waals surface area contributed by atoms with Gasteiger partial charge in [-0.25, -0.2) is 4.98 Å². The molecule has 0 N–H and O–H groups in total. The minimum absolute atomic E-state index is 0.00796. The number of hydrogen-bond donors (Lipinski definition) is 0. The van der Waals surface area contributed by atoms with E-state index >= 15 is 0 Å². The van der Waals surface area contributed by atoms with Gasteiger partial charge in [-0.1, -0.05) is 26.8 Å². The number of carbonyl (C=O) groups is 1. The van der Waals surface area contributed by atoms with Crippen LogP contribution < -0.4 is 0 Å². The first kappa shape index (κ1) is 17.6. The molecular formula is C19H26N4O2. The largest absolute Gasteiger partial charge is 0.444 e. The predicted octanol–water partition coefficient (Wildman–Crippen LogP) is 2.72. The van der Waals surface area contributed by atoms with Gasteiger partial charge in [0.25, 0.3) is 5.91 Å². The molecule has 0 saturated carbocycles. The number of oxazole rings is 1. The quantitative estimate of drug-likeness (QED) is 0.858. The summed E-state index contributed by atoms with van der Waals surface area (Å²) in [5, 5.41) is 0.